The van der Waals surface area contributed by atoms with Crippen molar-refractivity contribution in [3.63, 3.8) is 0 Å². The van der Waals surface area contributed by atoms with E-state index in [0.717, 1.165) is 28.4 Å². The molecule has 0 fully saturated rings. The number of hydrogen-bond acceptors (Lipinski definition) is 3. The molecule has 1 aliphatic heterocycles. The van der Waals surface area contributed by atoms with E-state index < -0.39 is 0 Å². The SMILES string of the molecule is CC1(C)N=c2ccc(N)c(Cc3ccccc3)c2=N1. The molecule has 1 heterocycles. The third kappa shape index (κ3) is 2.24. The number of nitrogens with two attached hydrogens (primary N) is 1. The van der Waals surface area contributed by atoms with Crippen LogP contribution in [0.5, 0.6) is 0 Å². The fourth-order valence-corrected chi connectivity index (χ4v) is 2.43. The summed E-state index contributed by atoms with van der Waals surface area (Å²) < 4.78 is 0. The highest BCUT2D eigenvalue weighted by Crippen LogP contribution is 2.16. The lowest BCUT2D eigenvalue weighted by molar-refractivity contribution is 0.548. The average Bonchev–Trinajstić information content (AvgIpc) is 2.69. The van der Waals surface area contributed by atoms with Gasteiger partial charge >= 0.3 is 0 Å². The lowest BCUT2D eigenvalue weighted by atomic mass is 10.0. The molecule has 3 heteroatoms. The van der Waals surface area contributed by atoms with E-state index in [1.165, 1.54) is 5.56 Å². The van der Waals surface area contributed by atoms with Crippen LogP contribution in [0.3, 0.4) is 0 Å². The number of anilines is 1. The zero-order chi connectivity index (χ0) is 13.5. The lowest BCUT2D eigenvalue weighted by Crippen LogP contribution is -2.27. The zero-order valence-corrected chi connectivity index (χ0v) is 11.2. The molecule has 0 atom stereocenters. The average molecular weight is 251 g/mol. The van der Waals surface area contributed by atoms with Gasteiger partial charge in [-0.05, 0) is 31.5 Å². The molecule has 2 aromatic carbocycles. The molecule has 0 bridgehead atoms. The Balaban J connectivity index is 2.15. The van der Waals surface area contributed by atoms with Gasteiger partial charge < -0.3 is 5.73 Å². The second kappa shape index (κ2) is 4.19. The van der Waals surface area contributed by atoms with Crippen molar-refractivity contribution in [2.75, 3.05) is 5.73 Å². The van der Waals surface area contributed by atoms with Gasteiger partial charge in [0.25, 0.3) is 0 Å². The molecule has 0 spiro atoms. The molecular weight excluding hydrogens is 234 g/mol. The van der Waals surface area contributed by atoms with Crippen LogP contribution >= 0.6 is 0 Å². The van der Waals surface area contributed by atoms with Crippen molar-refractivity contribution in [3.05, 3.63) is 64.3 Å². The summed E-state index contributed by atoms with van der Waals surface area (Å²) in [5.41, 5.74) is 8.87. The predicted molar refractivity (Wildman–Crippen MR) is 76.5 cm³/mol. The number of nitrogen functional groups attached to an aromatic ring is 1. The van der Waals surface area contributed by atoms with Crippen LogP contribution in [0.1, 0.15) is 25.0 Å². The van der Waals surface area contributed by atoms with Gasteiger partial charge in [-0.3, -0.25) is 9.98 Å². The highest BCUT2D eigenvalue weighted by atomic mass is 15.1. The minimum absolute atomic E-state index is 0.373. The maximum absolute atomic E-state index is 6.13. The Labute approximate surface area is 112 Å². The minimum atomic E-state index is -0.373. The monoisotopic (exact) mass is 251 g/mol. The van der Waals surface area contributed by atoms with Gasteiger partial charge in [0.15, 0.2) is 0 Å². The molecule has 2 N–H and O–H groups in total. The lowest BCUT2D eigenvalue weighted by Gasteiger charge is -2.08. The Morgan fingerprint density at radius 3 is 2.47 bits per heavy atom. The maximum atomic E-state index is 6.13. The van der Waals surface area contributed by atoms with Gasteiger partial charge in [-0.15, -0.1) is 0 Å². The number of hydrogen-bond donors (Lipinski definition) is 1. The van der Waals surface area contributed by atoms with Crippen LogP contribution in [0.4, 0.5) is 5.69 Å². The van der Waals surface area contributed by atoms with Crippen LogP contribution in [-0.2, 0) is 6.42 Å². The number of rotatable bonds is 2. The van der Waals surface area contributed by atoms with Gasteiger partial charge in [-0.1, -0.05) is 30.3 Å². The quantitative estimate of drug-likeness (QED) is 0.814. The van der Waals surface area contributed by atoms with Crippen molar-refractivity contribution < 1.29 is 0 Å². The highest BCUT2D eigenvalue weighted by molar-refractivity contribution is 5.48. The number of nitrogens with zero attached hydrogens (tertiary/aromatic N) is 2. The van der Waals surface area contributed by atoms with Gasteiger partial charge in [0.05, 0.1) is 10.7 Å². The summed E-state index contributed by atoms with van der Waals surface area (Å²) in [4.78, 5) is 9.30. The van der Waals surface area contributed by atoms with Crippen molar-refractivity contribution >= 4 is 5.69 Å². The largest absolute Gasteiger partial charge is 0.398 e. The molecule has 0 saturated carbocycles. The van der Waals surface area contributed by atoms with Crippen LogP contribution in [0.2, 0.25) is 0 Å². The summed E-state index contributed by atoms with van der Waals surface area (Å²) in [6, 6.07) is 14.2. The van der Waals surface area contributed by atoms with E-state index >= 15 is 0 Å². The van der Waals surface area contributed by atoms with E-state index in [1.807, 2.05) is 44.2 Å². The minimum Gasteiger partial charge on any atom is -0.398 e. The van der Waals surface area contributed by atoms with E-state index in [9.17, 15) is 0 Å². The molecule has 0 amide bonds. The van der Waals surface area contributed by atoms with E-state index in [1.54, 1.807) is 0 Å². The predicted octanol–water partition coefficient (Wildman–Crippen LogP) is 1.85. The van der Waals surface area contributed by atoms with E-state index in [-0.39, 0.29) is 5.66 Å². The van der Waals surface area contributed by atoms with Gasteiger partial charge in [-0.2, -0.15) is 0 Å². The Kier molecular flexibility index (Phi) is 2.63. The van der Waals surface area contributed by atoms with E-state index in [0.29, 0.717) is 0 Å². The normalized spacial score (nSPS) is 15.5. The van der Waals surface area contributed by atoms with Crippen LogP contribution in [0, 0.1) is 0 Å². The molecule has 0 radical (unpaired) electrons. The third-order valence-electron chi connectivity index (χ3n) is 3.30. The Hall–Kier alpha value is -2.16. The fraction of sp³-hybridized carbons (Fsp3) is 0.250. The Bertz CT molecular complexity index is 731. The topological polar surface area (TPSA) is 50.7 Å². The summed E-state index contributed by atoms with van der Waals surface area (Å²) >= 11 is 0. The van der Waals surface area contributed by atoms with Crippen LogP contribution in [0.25, 0.3) is 0 Å². The van der Waals surface area contributed by atoms with Crippen molar-refractivity contribution in [2.24, 2.45) is 9.98 Å². The molecule has 1 aliphatic rings. The summed E-state index contributed by atoms with van der Waals surface area (Å²) in [5, 5.41) is 1.90. The zero-order valence-electron chi connectivity index (χ0n) is 11.2. The first-order valence-electron chi connectivity index (χ1n) is 6.46. The number of fused-ring (bicyclic) bond motifs is 1. The molecule has 3 nitrogen and oxygen atoms in total. The molecule has 0 aromatic heterocycles. The van der Waals surface area contributed by atoms with Crippen LogP contribution in [0.15, 0.2) is 52.4 Å². The van der Waals surface area contributed by atoms with Gasteiger partial charge in [0, 0.05) is 17.7 Å². The third-order valence-corrected chi connectivity index (χ3v) is 3.30. The number of benzene rings is 2. The molecule has 0 unspecified atom stereocenters. The van der Waals surface area contributed by atoms with E-state index in [2.05, 4.69) is 17.1 Å². The first-order chi connectivity index (χ1) is 9.05. The molecular formula is C16H17N3. The Morgan fingerprint density at radius 1 is 1.00 bits per heavy atom. The van der Waals surface area contributed by atoms with Gasteiger partial charge in [-0.25, -0.2) is 0 Å². The molecule has 19 heavy (non-hydrogen) atoms. The first kappa shape index (κ1) is 11.9. The summed E-state index contributed by atoms with van der Waals surface area (Å²) in [5.74, 6) is 0. The molecule has 96 valence electrons. The summed E-state index contributed by atoms with van der Waals surface area (Å²) in [6.07, 6.45) is 0.797. The van der Waals surface area contributed by atoms with Crippen LogP contribution < -0.4 is 16.4 Å². The molecule has 0 aliphatic carbocycles. The Morgan fingerprint density at radius 2 is 1.74 bits per heavy atom. The van der Waals surface area contributed by atoms with Crippen molar-refractivity contribution in [2.45, 2.75) is 25.9 Å². The maximum Gasteiger partial charge on any atom is 0.146 e. The smallest absolute Gasteiger partial charge is 0.146 e. The summed E-state index contributed by atoms with van der Waals surface area (Å²) in [6.45, 7) is 4.02. The molecule has 3 rings (SSSR count). The first-order valence-corrected chi connectivity index (χ1v) is 6.46. The summed E-state index contributed by atoms with van der Waals surface area (Å²) in [7, 11) is 0. The van der Waals surface area contributed by atoms with Crippen LogP contribution in [-0.4, -0.2) is 5.66 Å². The highest BCUT2D eigenvalue weighted by Gasteiger charge is 2.20. The van der Waals surface area contributed by atoms with Gasteiger partial charge in [0.2, 0.25) is 0 Å². The van der Waals surface area contributed by atoms with Crippen molar-refractivity contribution in [1.82, 2.24) is 0 Å². The van der Waals surface area contributed by atoms with Crippen molar-refractivity contribution in [1.29, 1.82) is 0 Å². The van der Waals surface area contributed by atoms with Gasteiger partial charge in [0.1, 0.15) is 5.66 Å². The molecule has 2 aromatic rings. The molecule has 0 saturated heterocycles. The second-order valence-electron chi connectivity index (χ2n) is 5.38. The van der Waals surface area contributed by atoms with E-state index in [4.69, 9.17) is 10.7 Å². The van der Waals surface area contributed by atoms with Crippen molar-refractivity contribution in [3.8, 4) is 0 Å². The fourth-order valence-electron chi connectivity index (χ4n) is 2.43. The second-order valence-corrected chi connectivity index (χ2v) is 5.38. The standard InChI is InChI=1S/C16H17N3/c1-16(2)18-14-9-8-13(17)12(15(14)19-16)10-11-6-4-3-5-7-11/h3-9H,10,17H2,1-2H3.